The minimum atomic E-state index is -0.983. The molecule has 208 valence electrons. The van der Waals surface area contributed by atoms with Crippen LogP contribution in [0.15, 0.2) is 48.6 Å². The molecule has 5 atom stereocenters. The summed E-state index contributed by atoms with van der Waals surface area (Å²) >= 11 is 0. The van der Waals surface area contributed by atoms with Crippen LogP contribution in [0.5, 0.6) is 0 Å². The van der Waals surface area contributed by atoms with Gasteiger partial charge in [-0.25, -0.2) is 0 Å². The van der Waals surface area contributed by atoms with Crippen LogP contribution in [0, 0.1) is 11.8 Å². The Morgan fingerprint density at radius 3 is 2.30 bits per heavy atom. The van der Waals surface area contributed by atoms with Gasteiger partial charge in [0.2, 0.25) is 0 Å². The van der Waals surface area contributed by atoms with Crippen molar-refractivity contribution >= 4 is 17.7 Å². The number of carboxylic acids is 1. The number of aliphatic carboxylic acids is 1. The highest BCUT2D eigenvalue weighted by Crippen LogP contribution is 2.33. The zero-order valence-corrected chi connectivity index (χ0v) is 22.8. The Balaban J connectivity index is 2.32. The Labute approximate surface area is 221 Å². The van der Waals surface area contributed by atoms with Gasteiger partial charge in [-0.05, 0) is 32.1 Å². The number of aliphatic hydroxyl groups excluding tert-OH is 2. The van der Waals surface area contributed by atoms with Gasteiger partial charge in [-0.1, -0.05) is 55.5 Å². The van der Waals surface area contributed by atoms with E-state index in [1.54, 1.807) is 12.2 Å². The lowest BCUT2D eigenvalue weighted by Crippen LogP contribution is -2.43. The first kappa shape index (κ1) is 32.5. The zero-order valence-electron chi connectivity index (χ0n) is 22.8. The second kappa shape index (κ2) is 17.1. The number of quaternary nitrogens is 1. The van der Waals surface area contributed by atoms with E-state index in [-0.39, 0.29) is 36.9 Å². The maximum atomic E-state index is 12.2. The molecule has 0 aliphatic heterocycles. The molecule has 1 fully saturated rings. The van der Waals surface area contributed by atoms with Gasteiger partial charge in [-0.3, -0.25) is 14.4 Å². The maximum Gasteiger partial charge on any atom is 0.307 e. The van der Waals surface area contributed by atoms with Crippen LogP contribution in [-0.4, -0.2) is 83.5 Å². The second-order valence-corrected chi connectivity index (χ2v) is 10.6. The number of carbonyl (C=O) groups is 3. The van der Waals surface area contributed by atoms with Crippen molar-refractivity contribution in [3.63, 3.8) is 0 Å². The summed E-state index contributed by atoms with van der Waals surface area (Å²) in [5.74, 6) is -1.82. The monoisotopic (exact) mass is 520 g/mol. The lowest BCUT2D eigenvalue weighted by Gasteiger charge is -2.28. The number of carboxylic acid groups (broad SMARTS) is 1. The van der Waals surface area contributed by atoms with Crippen LogP contribution in [0.1, 0.15) is 58.3 Å². The van der Waals surface area contributed by atoms with E-state index in [1.165, 1.54) is 0 Å². The number of hydrogen-bond donors (Lipinski definition) is 3. The molecule has 1 aliphatic rings. The molecule has 0 heterocycles. The second-order valence-electron chi connectivity index (χ2n) is 10.6. The molecule has 1 aliphatic carbocycles. The molecular formula is C29H46NO7+. The SMILES string of the molecule is CCC(O)/C=C/C1C(O)CC(=O)C1C/C=C/C/C=C/C/C=C/CCC(=O)OC(CC(=O)O)C[N+](C)(C)C. The van der Waals surface area contributed by atoms with Gasteiger partial charge in [0.25, 0.3) is 0 Å². The van der Waals surface area contributed by atoms with Crippen molar-refractivity contribution < 1.29 is 38.9 Å². The minimum Gasteiger partial charge on any atom is -0.481 e. The third-order valence-electron chi connectivity index (χ3n) is 6.11. The number of ether oxygens (including phenoxy) is 1. The number of ketones is 1. The van der Waals surface area contributed by atoms with Crippen LogP contribution < -0.4 is 0 Å². The van der Waals surface area contributed by atoms with Crippen molar-refractivity contribution in [2.24, 2.45) is 11.8 Å². The van der Waals surface area contributed by atoms with Gasteiger partial charge in [0, 0.05) is 24.7 Å². The third kappa shape index (κ3) is 14.7. The van der Waals surface area contributed by atoms with Gasteiger partial charge in [0.05, 0.1) is 39.8 Å². The number of Topliss-reactive ketones (excluding diaryl/α,β-unsaturated/α-hetero) is 1. The predicted molar refractivity (Wildman–Crippen MR) is 144 cm³/mol. The summed E-state index contributed by atoms with van der Waals surface area (Å²) in [6, 6.07) is 0. The first-order valence-corrected chi connectivity index (χ1v) is 13.2. The quantitative estimate of drug-likeness (QED) is 0.152. The molecule has 0 radical (unpaired) electrons. The van der Waals surface area contributed by atoms with Crippen molar-refractivity contribution in [3.05, 3.63) is 48.6 Å². The summed E-state index contributed by atoms with van der Waals surface area (Å²) in [5.41, 5.74) is 0. The average Bonchev–Trinajstić information content (AvgIpc) is 3.05. The van der Waals surface area contributed by atoms with Gasteiger partial charge in [-0.15, -0.1) is 0 Å². The summed E-state index contributed by atoms with van der Waals surface area (Å²) in [6.45, 7) is 2.31. The number of aliphatic hydroxyl groups is 2. The Hall–Kier alpha value is -2.55. The average molecular weight is 521 g/mol. The summed E-state index contributed by atoms with van der Waals surface area (Å²) in [7, 11) is 5.77. The fourth-order valence-corrected chi connectivity index (χ4v) is 4.22. The molecule has 1 rings (SSSR count). The number of allylic oxidation sites excluding steroid dienone is 6. The highest BCUT2D eigenvalue weighted by molar-refractivity contribution is 5.84. The Kier molecular flexibility index (Phi) is 15.0. The van der Waals surface area contributed by atoms with Crippen molar-refractivity contribution in [3.8, 4) is 0 Å². The first-order valence-electron chi connectivity index (χ1n) is 13.2. The summed E-state index contributed by atoms with van der Waals surface area (Å²) in [4.78, 5) is 35.3. The summed E-state index contributed by atoms with van der Waals surface area (Å²) in [6.07, 6.45) is 16.8. The number of likely N-dealkylation sites (N-methyl/N-ethyl adjacent to an activating group) is 1. The number of esters is 1. The number of nitrogens with zero attached hydrogens (tertiary/aromatic N) is 1. The zero-order chi connectivity index (χ0) is 27.8. The van der Waals surface area contributed by atoms with E-state index in [0.29, 0.717) is 30.3 Å². The van der Waals surface area contributed by atoms with Crippen LogP contribution >= 0.6 is 0 Å². The van der Waals surface area contributed by atoms with Gasteiger partial charge < -0.3 is 24.5 Å². The maximum absolute atomic E-state index is 12.2. The van der Waals surface area contributed by atoms with E-state index in [9.17, 15) is 24.6 Å². The third-order valence-corrected chi connectivity index (χ3v) is 6.11. The van der Waals surface area contributed by atoms with Crippen LogP contribution in [-0.2, 0) is 19.1 Å². The van der Waals surface area contributed by atoms with Crippen LogP contribution in [0.3, 0.4) is 0 Å². The molecule has 0 aromatic carbocycles. The molecule has 37 heavy (non-hydrogen) atoms. The minimum absolute atomic E-state index is 0.0631. The van der Waals surface area contributed by atoms with Crippen molar-refractivity contribution in [1.29, 1.82) is 0 Å². The Bertz CT molecular complexity index is 838. The van der Waals surface area contributed by atoms with Crippen molar-refractivity contribution in [2.75, 3.05) is 27.7 Å². The topological polar surface area (TPSA) is 121 Å². The van der Waals surface area contributed by atoms with Gasteiger partial charge in [0.15, 0.2) is 6.10 Å². The molecule has 0 aromatic rings. The van der Waals surface area contributed by atoms with Crippen LogP contribution in [0.4, 0.5) is 0 Å². The molecule has 0 saturated heterocycles. The van der Waals surface area contributed by atoms with Crippen molar-refractivity contribution in [1.82, 2.24) is 0 Å². The highest BCUT2D eigenvalue weighted by Gasteiger charge is 2.39. The standard InChI is InChI=1S/C29H45NO7/c1-5-22(31)17-18-25-24(26(32)20-27(25)33)15-13-11-9-7-6-8-10-12-14-16-29(36)37-23(19-28(34)35)21-30(2,3)4/h6-7,10-13,17-18,22-25,27,31,33H,5,8-9,14-16,19-21H2,1-4H3/p+1/b7-6+,12-10+,13-11+,18-17+. The highest BCUT2D eigenvalue weighted by atomic mass is 16.5. The molecule has 3 N–H and O–H groups in total. The molecule has 0 bridgehead atoms. The van der Waals surface area contributed by atoms with Crippen LogP contribution in [0.2, 0.25) is 0 Å². The lowest BCUT2D eigenvalue weighted by atomic mass is 9.90. The van der Waals surface area contributed by atoms with Gasteiger partial charge in [-0.2, -0.15) is 0 Å². The number of carbonyl (C=O) groups excluding carboxylic acids is 2. The van der Waals surface area contributed by atoms with E-state index in [0.717, 1.165) is 12.8 Å². The first-order chi connectivity index (χ1) is 17.4. The smallest absolute Gasteiger partial charge is 0.307 e. The van der Waals surface area contributed by atoms with Gasteiger partial charge in [0.1, 0.15) is 12.3 Å². The molecule has 0 aromatic heterocycles. The molecule has 8 nitrogen and oxygen atoms in total. The van der Waals surface area contributed by atoms with E-state index in [1.807, 2.05) is 64.5 Å². The summed E-state index contributed by atoms with van der Waals surface area (Å²) < 4.78 is 5.87. The van der Waals surface area contributed by atoms with Gasteiger partial charge >= 0.3 is 11.9 Å². The largest absolute Gasteiger partial charge is 0.481 e. The predicted octanol–water partition coefficient (Wildman–Crippen LogP) is 3.59. The molecule has 5 unspecified atom stereocenters. The van der Waals surface area contributed by atoms with E-state index in [4.69, 9.17) is 9.84 Å². The molecular weight excluding hydrogens is 474 g/mol. The van der Waals surface area contributed by atoms with E-state index >= 15 is 0 Å². The van der Waals surface area contributed by atoms with E-state index < -0.39 is 30.3 Å². The Morgan fingerprint density at radius 2 is 1.70 bits per heavy atom. The molecule has 1 saturated carbocycles. The molecule has 0 spiro atoms. The lowest BCUT2D eigenvalue weighted by molar-refractivity contribution is -0.873. The molecule has 8 heteroatoms. The summed E-state index contributed by atoms with van der Waals surface area (Å²) in [5, 5.41) is 28.9. The number of rotatable bonds is 17. The van der Waals surface area contributed by atoms with Crippen LogP contribution in [0.25, 0.3) is 0 Å². The Morgan fingerprint density at radius 1 is 1.08 bits per heavy atom. The van der Waals surface area contributed by atoms with Crippen molar-refractivity contribution in [2.45, 2.75) is 76.6 Å². The molecule has 0 amide bonds. The fourth-order valence-electron chi connectivity index (χ4n) is 4.22. The van der Waals surface area contributed by atoms with E-state index in [2.05, 4.69) is 0 Å². The fraction of sp³-hybridized carbons (Fsp3) is 0.621. The normalized spacial score (nSPS) is 22.5. The number of hydrogen-bond acceptors (Lipinski definition) is 6.